The van der Waals surface area contributed by atoms with Gasteiger partial charge in [-0.2, -0.15) is 0 Å². The summed E-state index contributed by atoms with van der Waals surface area (Å²) in [5, 5.41) is 0. The topological polar surface area (TPSA) is 78.9 Å². The Morgan fingerprint density at radius 3 is 0.816 bits per heavy atom. The molecule has 0 aromatic heterocycles. The predicted octanol–water partition coefficient (Wildman–Crippen LogP) is 21.2. The molecule has 6 nitrogen and oxygen atoms in total. The predicted molar refractivity (Wildman–Crippen MR) is 329 cm³/mol. The lowest BCUT2D eigenvalue weighted by atomic mass is 10.1. The molecule has 0 aromatic carbocycles. The van der Waals surface area contributed by atoms with Gasteiger partial charge in [0.05, 0.1) is 0 Å². The second kappa shape index (κ2) is 62.8. The summed E-state index contributed by atoms with van der Waals surface area (Å²) in [4.78, 5) is 38.2. The zero-order chi connectivity index (χ0) is 55.0. The lowest BCUT2D eigenvalue weighted by Gasteiger charge is -2.18. The molecule has 0 rings (SSSR count). The fourth-order valence-corrected chi connectivity index (χ4v) is 7.98. The molecule has 0 aliphatic carbocycles. The van der Waals surface area contributed by atoms with Gasteiger partial charge in [0.2, 0.25) is 0 Å². The first-order valence-electron chi connectivity index (χ1n) is 30.8. The van der Waals surface area contributed by atoms with E-state index in [-0.39, 0.29) is 31.1 Å². The largest absolute Gasteiger partial charge is 0.462 e. The molecule has 0 N–H and O–H groups in total. The first-order chi connectivity index (χ1) is 37.5. The Kier molecular flexibility index (Phi) is 58.9. The number of rotatable bonds is 54. The molecule has 0 aromatic rings. The van der Waals surface area contributed by atoms with Gasteiger partial charge in [-0.15, -0.1) is 0 Å². The van der Waals surface area contributed by atoms with E-state index < -0.39 is 6.10 Å². The second-order valence-corrected chi connectivity index (χ2v) is 19.8. The van der Waals surface area contributed by atoms with Crippen molar-refractivity contribution in [2.45, 2.75) is 264 Å². The molecule has 428 valence electrons. The van der Waals surface area contributed by atoms with Gasteiger partial charge in [0.25, 0.3) is 0 Å². The van der Waals surface area contributed by atoms with E-state index in [9.17, 15) is 14.4 Å². The average molecular weight is 1050 g/mol. The zero-order valence-corrected chi connectivity index (χ0v) is 49.0. The number of ether oxygens (including phenoxy) is 3. The van der Waals surface area contributed by atoms with E-state index in [1.807, 2.05) is 0 Å². The van der Waals surface area contributed by atoms with Crippen molar-refractivity contribution in [1.82, 2.24) is 0 Å². The number of carbonyl (C=O) groups is 3. The molecular formula is C70H112O6. The number of allylic oxidation sites excluding steroid dienone is 24. The van der Waals surface area contributed by atoms with E-state index >= 15 is 0 Å². The summed E-state index contributed by atoms with van der Waals surface area (Å²) in [5.74, 6) is -0.955. The smallest absolute Gasteiger partial charge is 0.306 e. The second-order valence-electron chi connectivity index (χ2n) is 19.8. The Hall–Kier alpha value is -4.71. The molecule has 0 aliphatic rings. The van der Waals surface area contributed by atoms with Crippen LogP contribution in [0.1, 0.15) is 258 Å². The molecule has 1 atom stereocenters. The quantitative estimate of drug-likeness (QED) is 0.0261. The molecule has 0 bridgehead atoms. The van der Waals surface area contributed by atoms with E-state index in [0.717, 1.165) is 161 Å². The van der Waals surface area contributed by atoms with Gasteiger partial charge >= 0.3 is 17.9 Å². The van der Waals surface area contributed by atoms with Crippen LogP contribution in [0.5, 0.6) is 0 Å². The zero-order valence-electron chi connectivity index (χ0n) is 49.0. The lowest BCUT2D eigenvalue weighted by Crippen LogP contribution is -2.30. The molecule has 0 radical (unpaired) electrons. The number of esters is 3. The molecule has 76 heavy (non-hydrogen) atoms. The molecular weight excluding hydrogens is 937 g/mol. The minimum absolute atomic E-state index is 0.101. The van der Waals surface area contributed by atoms with Crippen LogP contribution in [0.4, 0.5) is 0 Å². The molecule has 0 amide bonds. The van der Waals surface area contributed by atoms with Crippen LogP contribution >= 0.6 is 0 Å². The summed E-state index contributed by atoms with van der Waals surface area (Å²) in [6.07, 6.45) is 90.0. The maximum atomic E-state index is 12.8. The van der Waals surface area contributed by atoms with Crippen LogP contribution in [0.3, 0.4) is 0 Å². The highest BCUT2D eigenvalue weighted by Crippen LogP contribution is 2.14. The van der Waals surface area contributed by atoms with Crippen molar-refractivity contribution < 1.29 is 28.6 Å². The van der Waals surface area contributed by atoms with Crippen LogP contribution in [0.2, 0.25) is 0 Å². The van der Waals surface area contributed by atoms with Crippen LogP contribution in [0.15, 0.2) is 146 Å². The Morgan fingerprint density at radius 1 is 0.276 bits per heavy atom. The van der Waals surface area contributed by atoms with Crippen molar-refractivity contribution in [3.63, 3.8) is 0 Å². The van der Waals surface area contributed by atoms with E-state index in [2.05, 4.69) is 167 Å². The highest BCUT2D eigenvalue weighted by atomic mass is 16.6. The molecule has 0 saturated carbocycles. The van der Waals surface area contributed by atoms with Gasteiger partial charge in [0.1, 0.15) is 13.2 Å². The van der Waals surface area contributed by atoms with Gasteiger partial charge in [-0.05, 0) is 135 Å². The third kappa shape index (κ3) is 60.2. The number of hydrogen-bond acceptors (Lipinski definition) is 6. The first-order valence-corrected chi connectivity index (χ1v) is 30.8. The molecule has 0 aliphatic heterocycles. The summed E-state index contributed by atoms with van der Waals surface area (Å²) < 4.78 is 16.8. The minimum Gasteiger partial charge on any atom is -0.462 e. The van der Waals surface area contributed by atoms with Gasteiger partial charge in [0, 0.05) is 19.3 Å². The Bertz CT molecular complexity index is 1680. The van der Waals surface area contributed by atoms with Gasteiger partial charge in [-0.1, -0.05) is 250 Å². The van der Waals surface area contributed by atoms with Gasteiger partial charge in [-0.25, -0.2) is 0 Å². The standard InChI is InChI=1S/C70H112O6/c1-4-7-10-13-16-19-22-25-27-28-29-30-31-32-33-34-35-36-37-38-39-40-41-42-43-46-48-51-54-57-60-63-69(72)75-66-67(65-74-68(71)62-59-56-53-50-47-44-24-21-18-15-12-9-6-3)76-70(73)64-61-58-55-52-49-45-26-23-20-17-14-11-8-5-2/h7,9-10,12,14,16-19,21,23,25-27,29-30,32-33,35-36,38-39,44,47,67H,4-6,8,11,13,15,20,22,24,28,31,34,37,40-43,45-46,48-66H2,1-3H3/b10-7-,12-9-,17-14-,19-16-,21-18-,26-23-,27-25-,30-29-,33-32-,36-35-,39-38-,47-44-. The summed E-state index contributed by atoms with van der Waals surface area (Å²) in [6, 6.07) is 0. The van der Waals surface area contributed by atoms with E-state index in [0.29, 0.717) is 19.3 Å². The van der Waals surface area contributed by atoms with Crippen molar-refractivity contribution in [1.29, 1.82) is 0 Å². The fraction of sp³-hybridized carbons (Fsp3) is 0.614. The summed E-state index contributed by atoms with van der Waals surface area (Å²) in [5.41, 5.74) is 0. The SMILES string of the molecule is CC/C=C\C/C=C\C/C=C\C/C=C\C/C=C\C/C=C\C/C=C\CCCCCCCCCCCC(=O)OCC(COC(=O)CCCCC/C=C\C/C=C\C/C=C\CC)OC(=O)CCCCCCC/C=C\C/C=C\CCCC. The van der Waals surface area contributed by atoms with Gasteiger partial charge in [-0.3, -0.25) is 14.4 Å². The number of unbranched alkanes of at least 4 members (excludes halogenated alkanes) is 19. The molecule has 0 fully saturated rings. The van der Waals surface area contributed by atoms with Crippen LogP contribution in [0.25, 0.3) is 0 Å². The van der Waals surface area contributed by atoms with Crippen LogP contribution in [-0.2, 0) is 28.6 Å². The Morgan fingerprint density at radius 2 is 0.513 bits per heavy atom. The first kappa shape index (κ1) is 71.3. The van der Waals surface area contributed by atoms with Crippen molar-refractivity contribution in [2.75, 3.05) is 13.2 Å². The van der Waals surface area contributed by atoms with Crippen LogP contribution < -0.4 is 0 Å². The minimum atomic E-state index is -0.806. The maximum Gasteiger partial charge on any atom is 0.306 e. The van der Waals surface area contributed by atoms with Crippen LogP contribution in [-0.4, -0.2) is 37.2 Å². The normalized spacial score (nSPS) is 13.1. The fourth-order valence-electron chi connectivity index (χ4n) is 7.98. The third-order valence-corrected chi connectivity index (χ3v) is 12.6. The summed E-state index contributed by atoms with van der Waals surface area (Å²) in [6.45, 7) is 6.32. The highest BCUT2D eigenvalue weighted by molar-refractivity contribution is 5.71. The molecule has 0 heterocycles. The van der Waals surface area contributed by atoms with E-state index in [4.69, 9.17) is 14.2 Å². The van der Waals surface area contributed by atoms with Crippen molar-refractivity contribution >= 4 is 17.9 Å². The third-order valence-electron chi connectivity index (χ3n) is 12.6. The van der Waals surface area contributed by atoms with Crippen molar-refractivity contribution in [3.8, 4) is 0 Å². The highest BCUT2D eigenvalue weighted by Gasteiger charge is 2.19. The summed E-state index contributed by atoms with van der Waals surface area (Å²) >= 11 is 0. The Labute approximate surface area is 467 Å². The summed E-state index contributed by atoms with van der Waals surface area (Å²) in [7, 11) is 0. The van der Waals surface area contributed by atoms with Crippen molar-refractivity contribution in [3.05, 3.63) is 146 Å². The maximum absolute atomic E-state index is 12.8. The van der Waals surface area contributed by atoms with E-state index in [1.54, 1.807) is 0 Å². The monoisotopic (exact) mass is 1050 g/mol. The van der Waals surface area contributed by atoms with Gasteiger partial charge in [0.15, 0.2) is 6.10 Å². The van der Waals surface area contributed by atoms with Crippen LogP contribution in [0, 0.1) is 0 Å². The number of hydrogen-bond donors (Lipinski definition) is 0. The molecule has 0 spiro atoms. The molecule has 0 saturated heterocycles. The lowest BCUT2D eigenvalue weighted by molar-refractivity contribution is -0.167. The molecule has 6 heteroatoms. The van der Waals surface area contributed by atoms with E-state index in [1.165, 1.54) is 57.8 Å². The van der Waals surface area contributed by atoms with Gasteiger partial charge < -0.3 is 14.2 Å². The molecule has 1 unspecified atom stereocenters. The average Bonchev–Trinajstić information content (AvgIpc) is 3.42. The van der Waals surface area contributed by atoms with Crippen molar-refractivity contribution in [2.24, 2.45) is 0 Å². The number of carbonyl (C=O) groups excluding carboxylic acids is 3. The Balaban J connectivity index is 4.30.